The van der Waals surface area contributed by atoms with Crippen molar-refractivity contribution in [3.63, 3.8) is 0 Å². The molecule has 0 saturated heterocycles. The van der Waals surface area contributed by atoms with Crippen LogP contribution < -0.4 is 15.7 Å². The fraction of sp³-hybridized carbons (Fsp3) is 0.414. The molecule has 2 N–H and O–H groups in total. The first kappa shape index (κ1) is 24.1. The lowest BCUT2D eigenvalue weighted by molar-refractivity contribution is -0.119. The Hall–Kier alpha value is -3.61. The lowest BCUT2D eigenvalue weighted by atomic mass is 9.94. The van der Waals surface area contributed by atoms with Crippen LogP contribution in [0.25, 0.3) is 11.3 Å². The highest BCUT2D eigenvalue weighted by Gasteiger charge is 2.28. The number of anilines is 1. The van der Waals surface area contributed by atoms with Crippen LogP contribution in [0.3, 0.4) is 0 Å². The van der Waals surface area contributed by atoms with Gasteiger partial charge in [0, 0.05) is 35.0 Å². The van der Waals surface area contributed by atoms with E-state index in [2.05, 4.69) is 10.3 Å². The van der Waals surface area contributed by atoms with Crippen LogP contribution >= 0.6 is 0 Å². The van der Waals surface area contributed by atoms with E-state index in [0.717, 1.165) is 56.9 Å². The minimum absolute atomic E-state index is 0.124. The van der Waals surface area contributed by atoms with Crippen LogP contribution in [0.2, 0.25) is 0 Å². The van der Waals surface area contributed by atoms with Gasteiger partial charge in [-0.25, -0.2) is 4.79 Å². The molecular formula is C29H32N2O5. The van der Waals surface area contributed by atoms with Crippen LogP contribution in [-0.2, 0) is 17.8 Å². The van der Waals surface area contributed by atoms with Gasteiger partial charge in [0.1, 0.15) is 18.1 Å². The first-order valence-electron chi connectivity index (χ1n) is 12.9. The third-order valence-electron chi connectivity index (χ3n) is 7.38. The van der Waals surface area contributed by atoms with Gasteiger partial charge < -0.3 is 19.6 Å². The average molecular weight is 489 g/mol. The summed E-state index contributed by atoms with van der Waals surface area (Å²) in [6.07, 6.45) is 12.2. The lowest BCUT2D eigenvalue weighted by Crippen LogP contribution is -2.24. The van der Waals surface area contributed by atoms with Crippen LogP contribution in [0.15, 0.2) is 58.0 Å². The second-order valence-corrected chi connectivity index (χ2v) is 9.92. The highest BCUT2D eigenvalue weighted by atomic mass is 16.5. The molecule has 1 amide bonds. The van der Waals surface area contributed by atoms with Gasteiger partial charge in [-0.1, -0.05) is 44.6 Å². The molecule has 2 fully saturated rings. The SMILES string of the molecule is O=C(Nc1c(O)c(CC2CCCC2)c(-c2ccc(OCc3cccnc3)cc2)oc1=O)C1CCCC1. The Labute approximate surface area is 210 Å². The highest BCUT2D eigenvalue weighted by molar-refractivity contribution is 5.94. The third kappa shape index (κ3) is 5.45. The minimum Gasteiger partial charge on any atom is -0.505 e. The van der Waals surface area contributed by atoms with E-state index in [1.807, 2.05) is 36.4 Å². The summed E-state index contributed by atoms with van der Waals surface area (Å²) in [5, 5.41) is 13.9. The normalized spacial score (nSPS) is 16.3. The van der Waals surface area contributed by atoms with Gasteiger partial charge in [-0.15, -0.1) is 0 Å². The zero-order valence-electron chi connectivity index (χ0n) is 20.4. The summed E-state index contributed by atoms with van der Waals surface area (Å²) in [6.45, 7) is 0.394. The fourth-order valence-corrected chi connectivity index (χ4v) is 5.36. The largest absolute Gasteiger partial charge is 0.505 e. The molecule has 0 bridgehead atoms. The van der Waals surface area contributed by atoms with Gasteiger partial charge in [-0.3, -0.25) is 9.78 Å². The lowest BCUT2D eigenvalue weighted by Gasteiger charge is -2.18. The topological polar surface area (TPSA) is 102 Å². The quantitative estimate of drug-likeness (QED) is 0.413. The summed E-state index contributed by atoms with van der Waals surface area (Å²) in [5.74, 6) is 0.916. The van der Waals surface area contributed by atoms with E-state index in [0.29, 0.717) is 41.6 Å². The minimum atomic E-state index is -0.735. The van der Waals surface area contributed by atoms with Gasteiger partial charge in [0.2, 0.25) is 5.91 Å². The number of aromatic hydroxyl groups is 1. The Kier molecular flexibility index (Phi) is 7.35. The second-order valence-electron chi connectivity index (χ2n) is 9.92. The molecule has 5 rings (SSSR count). The highest BCUT2D eigenvalue weighted by Crippen LogP contribution is 2.39. The maximum atomic E-state index is 12.9. The predicted octanol–water partition coefficient (Wildman–Crippen LogP) is 5.85. The van der Waals surface area contributed by atoms with E-state index < -0.39 is 5.63 Å². The molecule has 2 heterocycles. The summed E-state index contributed by atoms with van der Waals surface area (Å²) >= 11 is 0. The molecule has 0 atom stereocenters. The fourth-order valence-electron chi connectivity index (χ4n) is 5.36. The molecule has 0 spiro atoms. The molecule has 7 heteroatoms. The number of amides is 1. The number of ether oxygens (including phenoxy) is 1. The molecule has 2 aliphatic carbocycles. The summed E-state index contributed by atoms with van der Waals surface area (Å²) < 4.78 is 11.6. The first-order chi connectivity index (χ1) is 17.6. The summed E-state index contributed by atoms with van der Waals surface area (Å²) in [4.78, 5) is 29.7. The van der Waals surface area contributed by atoms with Gasteiger partial charge in [0.25, 0.3) is 0 Å². The van der Waals surface area contributed by atoms with Crippen molar-refractivity contribution in [1.29, 1.82) is 0 Å². The van der Waals surface area contributed by atoms with E-state index in [-0.39, 0.29) is 23.3 Å². The number of carbonyl (C=O) groups excluding carboxylic acids is 1. The average Bonchev–Trinajstić information content (AvgIpc) is 3.63. The zero-order valence-corrected chi connectivity index (χ0v) is 20.4. The monoisotopic (exact) mass is 488 g/mol. The number of hydrogen-bond acceptors (Lipinski definition) is 6. The third-order valence-corrected chi connectivity index (χ3v) is 7.38. The van der Waals surface area contributed by atoms with Crippen molar-refractivity contribution in [2.75, 3.05) is 5.32 Å². The standard InChI is InChI=1S/C29H32N2O5/c32-26-24(16-19-6-1-2-7-19)27(36-29(34)25(26)31-28(33)22-9-3-4-10-22)21-11-13-23(14-12-21)35-18-20-8-5-15-30-17-20/h5,8,11-15,17,19,22,32H,1-4,6-7,9-10,16,18H2,(H,31,33). The summed E-state index contributed by atoms with van der Waals surface area (Å²) in [7, 11) is 0. The number of hydrogen-bond donors (Lipinski definition) is 2. The van der Waals surface area contributed by atoms with Crippen LogP contribution in [0.5, 0.6) is 11.5 Å². The van der Waals surface area contributed by atoms with Crippen molar-refractivity contribution < 1.29 is 19.1 Å². The Balaban J connectivity index is 1.42. The van der Waals surface area contributed by atoms with Gasteiger partial charge in [-0.05, 0) is 55.5 Å². The number of pyridine rings is 1. The Morgan fingerprint density at radius 2 is 1.78 bits per heavy atom. The molecule has 0 radical (unpaired) electrons. The Morgan fingerprint density at radius 1 is 1.06 bits per heavy atom. The summed E-state index contributed by atoms with van der Waals surface area (Å²) in [6, 6.07) is 11.1. The Morgan fingerprint density at radius 3 is 2.47 bits per heavy atom. The zero-order chi connectivity index (χ0) is 24.9. The molecule has 0 aliphatic heterocycles. The van der Waals surface area contributed by atoms with Gasteiger partial charge in [-0.2, -0.15) is 0 Å². The molecule has 2 saturated carbocycles. The number of carbonyl (C=O) groups is 1. The number of nitrogens with zero attached hydrogens (tertiary/aromatic N) is 1. The number of aromatic nitrogens is 1. The first-order valence-corrected chi connectivity index (χ1v) is 12.9. The predicted molar refractivity (Wildman–Crippen MR) is 137 cm³/mol. The van der Waals surface area contributed by atoms with Crippen molar-refractivity contribution in [1.82, 2.24) is 4.98 Å². The van der Waals surface area contributed by atoms with Gasteiger partial charge >= 0.3 is 5.63 Å². The van der Waals surface area contributed by atoms with Gasteiger partial charge in [0.05, 0.1) is 0 Å². The van der Waals surface area contributed by atoms with Gasteiger partial charge in [0.15, 0.2) is 11.4 Å². The van der Waals surface area contributed by atoms with Crippen molar-refractivity contribution in [2.24, 2.45) is 11.8 Å². The van der Waals surface area contributed by atoms with Crippen LogP contribution in [0.4, 0.5) is 5.69 Å². The molecule has 188 valence electrons. The molecule has 7 nitrogen and oxygen atoms in total. The molecule has 1 aromatic carbocycles. The molecule has 36 heavy (non-hydrogen) atoms. The number of benzene rings is 1. The maximum absolute atomic E-state index is 12.9. The number of rotatable bonds is 8. The van der Waals surface area contributed by atoms with E-state index in [1.54, 1.807) is 12.4 Å². The molecular weight excluding hydrogens is 456 g/mol. The van der Waals surface area contributed by atoms with E-state index >= 15 is 0 Å². The van der Waals surface area contributed by atoms with Crippen molar-refractivity contribution in [3.05, 3.63) is 70.3 Å². The van der Waals surface area contributed by atoms with Crippen LogP contribution in [-0.4, -0.2) is 16.0 Å². The van der Waals surface area contributed by atoms with Crippen molar-refractivity contribution in [3.8, 4) is 22.8 Å². The van der Waals surface area contributed by atoms with Crippen LogP contribution in [0, 0.1) is 11.8 Å². The molecule has 2 aliphatic rings. The number of nitrogens with one attached hydrogen (secondary N) is 1. The molecule has 3 aromatic rings. The smallest absolute Gasteiger partial charge is 0.364 e. The Bertz CT molecular complexity index is 1240. The van der Waals surface area contributed by atoms with E-state index in [4.69, 9.17) is 9.15 Å². The second kappa shape index (κ2) is 11.0. The summed E-state index contributed by atoms with van der Waals surface area (Å²) in [5.41, 5.74) is 1.35. The maximum Gasteiger partial charge on any atom is 0.364 e. The van der Waals surface area contributed by atoms with Crippen molar-refractivity contribution in [2.45, 2.75) is 64.4 Å². The van der Waals surface area contributed by atoms with E-state index in [9.17, 15) is 14.7 Å². The molecule has 0 unspecified atom stereocenters. The van der Waals surface area contributed by atoms with Crippen molar-refractivity contribution >= 4 is 11.6 Å². The van der Waals surface area contributed by atoms with E-state index in [1.165, 1.54) is 0 Å². The van der Waals surface area contributed by atoms with Crippen LogP contribution in [0.1, 0.15) is 62.5 Å². The molecule has 2 aromatic heterocycles.